The molecule has 0 radical (unpaired) electrons. The van der Waals surface area contributed by atoms with Gasteiger partial charge in [-0.05, 0) is 12.1 Å². The van der Waals surface area contributed by atoms with Gasteiger partial charge in [0, 0.05) is 18.7 Å². The van der Waals surface area contributed by atoms with Gasteiger partial charge in [0.1, 0.15) is 5.75 Å². The predicted molar refractivity (Wildman–Crippen MR) is 65.5 cm³/mol. The van der Waals surface area contributed by atoms with Crippen LogP contribution < -0.4 is 11.1 Å². The lowest BCUT2D eigenvalue weighted by molar-refractivity contribution is 0.0958. The van der Waals surface area contributed by atoms with Crippen molar-refractivity contribution in [3.8, 4) is 17.1 Å². The third-order valence-electron chi connectivity index (χ3n) is 2.52. The second-order valence-electron chi connectivity index (χ2n) is 3.75. The third kappa shape index (κ3) is 2.39. The number of primary amides is 1. The van der Waals surface area contributed by atoms with Crippen LogP contribution in [0.3, 0.4) is 0 Å². The molecule has 0 bridgehead atoms. The third-order valence-corrected chi connectivity index (χ3v) is 2.52. The maximum Gasteiger partial charge on any atom is 0.270 e. The molecule has 0 aliphatic heterocycles. The van der Waals surface area contributed by atoms with Crippen molar-refractivity contribution in [2.45, 2.75) is 0 Å². The Morgan fingerprint density at radius 1 is 1.37 bits per heavy atom. The molecule has 0 aliphatic carbocycles. The molecular formula is C12H11N3O4. The number of aromatic hydroxyl groups is 1. The van der Waals surface area contributed by atoms with Gasteiger partial charge in [-0.25, -0.2) is 0 Å². The summed E-state index contributed by atoms with van der Waals surface area (Å²) < 4.78 is 4.93. The molecule has 7 heteroatoms. The van der Waals surface area contributed by atoms with Crippen molar-refractivity contribution in [2.24, 2.45) is 5.73 Å². The second kappa shape index (κ2) is 4.81. The molecule has 0 unspecified atom stereocenters. The molecule has 0 fully saturated rings. The first-order valence-corrected chi connectivity index (χ1v) is 5.35. The maximum atomic E-state index is 11.4. The fourth-order valence-electron chi connectivity index (χ4n) is 1.54. The van der Waals surface area contributed by atoms with Crippen LogP contribution in [0.5, 0.6) is 5.75 Å². The Hall–Kier alpha value is -2.83. The molecule has 1 aromatic heterocycles. The van der Waals surface area contributed by atoms with E-state index >= 15 is 0 Å². The molecule has 0 saturated carbocycles. The van der Waals surface area contributed by atoms with Gasteiger partial charge >= 0.3 is 0 Å². The minimum absolute atomic E-state index is 0.00938. The number of phenolic OH excluding ortho intramolecular Hbond substituents is 1. The molecule has 98 valence electrons. The number of nitrogens with one attached hydrogen (secondary N) is 1. The number of nitrogens with two attached hydrogens (primary N) is 1. The summed E-state index contributed by atoms with van der Waals surface area (Å²) in [5.74, 6) is -1.04. The molecule has 7 nitrogen and oxygen atoms in total. The number of hydrogen-bond acceptors (Lipinski definition) is 5. The number of phenols is 1. The highest BCUT2D eigenvalue weighted by atomic mass is 16.5. The van der Waals surface area contributed by atoms with Crippen LogP contribution in [0, 0.1) is 0 Å². The monoisotopic (exact) mass is 261 g/mol. The van der Waals surface area contributed by atoms with Crippen molar-refractivity contribution in [3.05, 3.63) is 35.5 Å². The normalized spacial score (nSPS) is 10.2. The van der Waals surface area contributed by atoms with Crippen LogP contribution in [0.2, 0.25) is 0 Å². The molecule has 0 spiro atoms. The molecule has 0 atom stereocenters. The minimum Gasteiger partial charge on any atom is -0.507 e. The summed E-state index contributed by atoms with van der Waals surface area (Å²) in [5, 5.41) is 15.6. The number of carbonyl (C=O) groups excluding carboxylic acids is 2. The van der Waals surface area contributed by atoms with E-state index in [0.717, 1.165) is 0 Å². The second-order valence-corrected chi connectivity index (χ2v) is 3.75. The van der Waals surface area contributed by atoms with E-state index < -0.39 is 11.8 Å². The standard InChI is InChI=1S/C12H11N3O4/c1-14-12(18)7-3-2-6(4-9(7)16)10-5-8(11(13)17)15-19-10/h2-5,16H,1H3,(H2,13,17)(H,14,18). The quantitative estimate of drug-likeness (QED) is 0.743. The van der Waals surface area contributed by atoms with Crippen LogP contribution in [0.15, 0.2) is 28.8 Å². The fraction of sp³-hybridized carbons (Fsp3) is 0.0833. The first-order chi connectivity index (χ1) is 9.02. The molecule has 19 heavy (non-hydrogen) atoms. The van der Waals surface area contributed by atoms with Crippen molar-refractivity contribution in [1.29, 1.82) is 0 Å². The Morgan fingerprint density at radius 2 is 2.11 bits per heavy atom. The smallest absolute Gasteiger partial charge is 0.270 e. The summed E-state index contributed by atoms with van der Waals surface area (Å²) in [4.78, 5) is 22.3. The minimum atomic E-state index is -0.707. The van der Waals surface area contributed by atoms with E-state index in [0.29, 0.717) is 5.56 Å². The Balaban J connectivity index is 2.38. The lowest BCUT2D eigenvalue weighted by atomic mass is 10.1. The van der Waals surface area contributed by atoms with Crippen LogP contribution in [0.25, 0.3) is 11.3 Å². The van der Waals surface area contributed by atoms with E-state index in [4.69, 9.17) is 10.3 Å². The molecule has 4 N–H and O–H groups in total. The zero-order valence-corrected chi connectivity index (χ0v) is 10.0. The molecule has 1 heterocycles. The Labute approximate surface area is 108 Å². The van der Waals surface area contributed by atoms with Crippen LogP contribution in [0.1, 0.15) is 20.8 Å². The van der Waals surface area contributed by atoms with E-state index in [1.807, 2.05) is 0 Å². The summed E-state index contributed by atoms with van der Waals surface area (Å²) in [6, 6.07) is 5.71. The van der Waals surface area contributed by atoms with Gasteiger partial charge in [-0.2, -0.15) is 0 Å². The molecule has 2 aromatic rings. The number of hydrogen-bond donors (Lipinski definition) is 3. The van der Waals surface area contributed by atoms with Crippen molar-refractivity contribution in [1.82, 2.24) is 10.5 Å². The first kappa shape index (κ1) is 12.6. The Kier molecular flexibility index (Phi) is 3.19. The van der Waals surface area contributed by atoms with Crippen LogP contribution in [-0.2, 0) is 0 Å². The van der Waals surface area contributed by atoms with E-state index in [2.05, 4.69) is 10.5 Å². The van der Waals surface area contributed by atoms with Gasteiger partial charge in [-0.15, -0.1) is 0 Å². The number of aromatic nitrogens is 1. The lowest BCUT2D eigenvalue weighted by Crippen LogP contribution is -2.17. The fourth-order valence-corrected chi connectivity index (χ4v) is 1.54. The molecule has 1 aromatic carbocycles. The number of benzene rings is 1. The van der Waals surface area contributed by atoms with Gasteiger partial charge in [-0.3, -0.25) is 9.59 Å². The van der Waals surface area contributed by atoms with E-state index in [9.17, 15) is 14.7 Å². The molecule has 2 amide bonds. The highest BCUT2D eigenvalue weighted by Crippen LogP contribution is 2.27. The van der Waals surface area contributed by atoms with Crippen molar-refractivity contribution in [3.63, 3.8) is 0 Å². The molecule has 0 aliphatic rings. The molecule has 0 saturated heterocycles. The summed E-state index contributed by atoms with van der Waals surface area (Å²) in [7, 11) is 1.46. The number of rotatable bonds is 3. The van der Waals surface area contributed by atoms with E-state index in [1.165, 1.54) is 25.2 Å². The zero-order valence-electron chi connectivity index (χ0n) is 10.0. The maximum absolute atomic E-state index is 11.4. The summed E-state index contributed by atoms with van der Waals surface area (Å²) >= 11 is 0. The van der Waals surface area contributed by atoms with Crippen LogP contribution >= 0.6 is 0 Å². The zero-order chi connectivity index (χ0) is 14.0. The molecule has 2 rings (SSSR count). The van der Waals surface area contributed by atoms with Gasteiger partial charge in [-0.1, -0.05) is 11.2 Å². The largest absolute Gasteiger partial charge is 0.507 e. The van der Waals surface area contributed by atoms with Gasteiger partial charge in [0.15, 0.2) is 11.5 Å². The predicted octanol–water partition coefficient (Wildman–Crippen LogP) is 0.506. The Morgan fingerprint density at radius 3 is 2.63 bits per heavy atom. The van der Waals surface area contributed by atoms with Crippen LogP contribution in [-0.4, -0.2) is 29.1 Å². The summed E-state index contributed by atoms with van der Waals surface area (Å²) in [5.41, 5.74) is 5.66. The summed E-state index contributed by atoms with van der Waals surface area (Å²) in [6.07, 6.45) is 0. The highest BCUT2D eigenvalue weighted by molar-refractivity contribution is 5.97. The van der Waals surface area contributed by atoms with Crippen LogP contribution in [0.4, 0.5) is 0 Å². The van der Waals surface area contributed by atoms with Crippen molar-refractivity contribution >= 4 is 11.8 Å². The average molecular weight is 261 g/mol. The van der Waals surface area contributed by atoms with Gasteiger partial charge in [0.2, 0.25) is 0 Å². The topological polar surface area (TPSA) is 118 Å². The van der Waals surface area contributed by atoms with Crippen molar-refractivity contribution in [2.75, 3.05) is 7.05 Å². The van der Waals surface area contributed by atoms with Gasteiger partial charge < -0.3 is 20.7 Å². The summed E-state index contributed by atoms with van der Waals surface area (Å²) in [6.45, 7) is 0. The van der Waals surface area contributed by atoms with Crippen molar-refractivity contribution < 1.29 is 19.2 Å². The number of carbonyl (C=O) groups is 2. The van der Waals surface area contributed by atoms with Gasteiger partial charge in [0.05, 0.1) is 5.56 Å². The first-order valence-electron chi connectivity index (χ1n) is 5.35. The van der Waals surface area contributed by atoms with Gasteiger partial charge in [0.25, 0.3) is 11.8 Å². The highest BCUT2D eigenvalue weighted by Gasteiger charge is 2.14. The Bertz CT molecular complexity index is 648. The number of amides is 2. The average Bonchev–Trinajstić information content (AvgIpc) is 2.87. The van der Waals surface area contributed by atoms with E-state index in [1.54, 1.807) is 6.07 Å². The SMILES string of the molecule is CNC(=O)c1ccc(-c2cc(C(N)=O)no2)cc1O. The van der Waals surface area contributed by atoms with E-state index in [-0.39, 0.29) is 22.8 Å². The molecular weight excluding hydrogens is 250 g/mol. The lowest BCUT2D eigenvalue weighted by Gasteiger charge is -2.04. The number of nitrogens with zero attached hydrogens (tertiary/aromatic N) is 1.